The summed E-state index contributed by atoms with van der Waals surface area (Å²) >= 11 is 1.16. The number of hydrogen-bond donors (Lipinski definition) is 3. The Kier molecular flexibility index (Phi) is 9.16. The van der Waals surface area contributed by atoms with Crippen LogP contribution in [0.25, 0.3) is 0 Å². The first-order valence-electron chi connectivity index (χ1n) is 15.7. The van der Waals surface area contributed by atoms with Gasteiger partial charge in [-0.2, -0.15) is 0 Å². The predicted molar refractivity (Wildman–Crippen MR) is 160 cm³/mol. The van der Waals surface area contributed by atoms with Gasteiger partial charge in [0, 0.05) is 18.1 Å². The zero-order chi connectivity index (χ0) is 31.9. The van der Waals surface area contributed by atoms with Crippen molar-refractivity contribution in [2.24, 2.45) is 40.7 Å². The smallest absolute Gasteiger partial charge is 0.408 e. The molecule has 5 rings (SSSR count). The molecule has 240 valence electrons. The van der Waals surface area contributed by atoms with E-state index in [1.807, 2.05) is 0 Å². The summed E-state index contributed by atoms with van der Waals surface area (Å²) in [6, 6.07) is -2.82. The summed E-state index contributed by atoms with van der Waals surface area (Å²) in [4.78, 5) is 84.4. The van der Waals surface area contributed by atoms with E-state index in [1.165, 1.54) is 11.1 Å². The number of carbonyl (C=O) groups is 6. The summed E-state index contributed by atoms with van der Waals surface area (Å²) in [5.41, 5.74) is 5.09. The number of primary amides is 1. The summed E-state index contributed by atoms with van der Waals surface area (Å²) < 4.78 is 5.64. The van der Waals surface area contributed by atoms with E-state index in [4.69, 9.17) is 10.5 Å². The van der Waals surface area contributed by atoms with Crippen LogP contribution in [-0.4, -0.2) is 76.0 Å². The number of hydrogen-bond acceptors (Lipinski definition) is 9. The number of aromatic nitrogens is 1. The normalized spacial score (nSPS) is 26.2. The number of ether oxygens (including phenoxy) is 1. The van der Waals surface area contributed by atoms with Gasteiger partial charge in [-0.1, -0.05) is 47.0 Å². The molecule has 2 heterocycles. The number of fused-ring (bicyclic) bond motifs is 1. The lowest BCUT2D eigenvalue weighted by atomic mass is 9.83. The summed E-state index contributed by atoms with van der Waals surface area (Å²) in [5.74, 6) is -3.90. The van der Waals surface area contributed by atoms with Crippen molar-refractivity contribution in [2.45, 2.75) is 96.9 Å². The zero-order valence-corrected chi connectivity index (χ0v) is 26.6. The third kappa shape index (κ3) is 6.38. The second-order valence-electron chi connectivity index (χ2n) is 13.7. The van der Waals surface area contributed by atoms with Gasteiger partial charge in [0.15, 0.2) is 11.1 Å². The van der Waals surface area contributed by atoms with Crippen LogP contribution in [0.3, 0.4) is 0 Å². The number of piperidine rings is 1. The van der Waals surface area contributed by atoms with E-state index in [-0.39, 0.29) is 45.9 Å². The van der Waals surface area contributed by atoms with Crippen molar-refractivity contribution < 1.29 is 33.5 Å². The second-order valence-corrected chi connectivity index (χ2v) is 14.6. The van der Waals surface area contributed by atoms with Gasteiger partial charge in [-0.3, -0.25) is 24.0 Å². The van der Waals surface area contributed by atoms with Crippen molar-refractivity contribution in [3.8, 4) is 0 Å². The molecule has 0 bridgehead atoms. The van der Waals surface area contributed by atoms with Gasteiger partial charge in [-0.25, -0.2) is 9.78 Å². The quantitative estimate of drug-likeness (QED) is 0.233. The predicted octanol–water partition coefficient (Wildman–Crippen LogP) is 2.46. The first kappa shape index (κ1) is 32.1. The molecule has 1 saturated heterocycles. The van der Waals surface area contributed by atoms with Crippen molar-refractivity contribution in [1.82, 2.24) is 20.5 Å². The fourth-order valence-electron chi connectivity index (χ4n) is 7.30. The number of nitrogens with one attached hydrogen (secondary N) is 2. The Bertz CT molecular complexity index is 1300. The standard InChI is InChI=1S/C31H43N5O7S/c1-15(2)25(24(38)28-33-12-13-44-28)43-30(42)35-21(16-8-6-5-7-9-16)29(41)36-14-18-19(31(18,3)4)22(36)27(40)34-20(17-10-11-17)23(37)26(32)39/h12-13,15-22,25H,5-11,14H2,1-4H3,(H2,32,39)(H,34,40)(H,35,42)/t18-,19-,20?,21-,22-,25-/m0/s1. The highest BCUT2D eigenvalue weighted by Crippen LogP contribution is 2.65. The number of carbonyl (C=O) groups excluding carboxylic acids is 6. The Morgan fingerprint density at radius 3 is 2.23 bits per heavy atom. The van der Waals surface area contributed by atoms with Gasteiger partial charge in [0.1, 0.15) is 18.1 Å². The molecule has 1 unspecified atom stereocenters. The molecule has 44 heavy (non-hydrogen) atoms. The number of thiazole rings is 1. The molecule has 4 aliphatic rings. The fraction of sp³-hybridized carbons (Fsp3) is 0.710. The van der Waals surface area contributed by atoms with Gasteiger partial charge in [0.25, 0.3) is 5.91 Å². The summed E-state index contributed by atoms with van der Waals surface area (Å²) in [6.07, 6.45) is 5.26. The summed E-state index contributed by atoms with van der Waals surface area (Å²) in [6.45, 7) is 7.98. The number of ketones is 2. The zero-order valence-electron chi connectivity index (χ0n) is 25.7. The molecule has 1 aromatic heterocycles. The van der Waals surface area contributed by atoms with Crippen LogP contribution in [0.4, 0.5) is 4.79 Å². The Balaban J connectivity index is 1.36. The first-order chi connectivity index (χ1) is 20.8. The van der Waals surface area contributed by atoms with E-state index in [9.17, 15) is 28.8 Å². The van der Waals surface area contributed by atoms with Crippen LogP contribution in [0.2, 0.25) is 0 Å². The van der Waals surface area contributed by atoms with Crippen LogP contribution in [0.1, 0.15) is 82.4 Å². The highest BCUT2D eigenvalue weighted by molar-refractivity contribution is 7.11. The number of amides is 4. The topological polar surface area (TPSA) is 178 Å². The monoisotopic (exact) mass is 629 g/mol. The molecular formula is C31H43N5O7S. The average Bonchev–Trinajstić information content (AvgIpc) is 3.72. The molecule has 3 saturated carbocycles. The van der Waals surface area contributed by atoms with Crippen LogP contribution < -0.4 is 16.4 Å². The number of Topliss-reactive ketones (excluding diaryl/α,β-unsaturated/α-hetero) is 2. The molecule has 0 spiro atoms. The van der Waals surface area contributed by atoms with Crippen molar-refractivity contribution in [3.05, 3.63) is 16.6 Å². The van der Waals surface area contributed by atoms with E-state index < -0.39 is 53.7 Å². The number of rotatable bonds is 12. The molecule has 1 aromatic rings. The highest BCUT2D eigenvalue weighted by Gasteiger charge is 2.70. The molecule has 4 N–H and O–H groups in total. The number of nitrogens with zero attached hydrogens (tertiary/aromatic N) is 2. The molecule has 3 aliphatic carbocycles. The van der Waals surface area contributed by atoms with Crippen molar-refractivity contribution in [1.29, 1.82) is 0 Å². The Labute approximate surface area is 261 Å². The molecule has 4 amide bonds. The van der Waals surface area contributed by atoms with Crippen LogP contribution in [0, 0.1) is 35.0 Å². The van der Waals surface area contributed by atoms with Crippen molar-refractivity contribution in [2.75, 3.05) is 6.54 Å². The van der Waals surface area contributed by atoms with E-state index in [2.05, 4.69) is 29.5 Å². The number of alkyl carbamates (subject to hydrolysis) is 1. The van der Waals surface area contributed by atoms with Gasteiger partial charge < -0.3 is 26.0 Å². The molecule has 1 aliphatic heterocycles. The lowest BCUT2D eigenvalue weighted by molar-refractivity contribution is -0.144. The Morgan fingerprint density at radius 1 is 1.00 bits per heavy atom. The number of likely N-dealkylation sites (tertiary alicyclic amines) is 1. The SMILES string of the molecule is CC(C)[C@H](OC(=O)N[C@H](C(=O)N1C[C@H]2[C@@H]([C@H]1C(=O)NC(C(=O)C(N)=O)C1CC1)C2(C)C)C1CCCCC1)C(=O)c1nccs1. The largest absolute Gasteiger partial charge is 0.437 e. The number of nitrogens with two attached hydrogens (primary N) is 1. The maximum Gasteiger partial charge on any atom is 0.408 e. The van der Waals surface area contributed by atoms with Gasteiger partial charge in [0.2, 0.25) is 23.4 Å². The Morgan fingerprint density at radius 2 is 1.66 bits per heavy atom. The van der Waals surface area contributed by atoms with Gasteiger partial charge in [0.05, 0.1) is 0 Å². The first-order valence-corrected chi connectivity index (χ1v) is 16.6. The molecular weight excluding hydrogens is 586 g/mol. The van der Waals surface area contributed by atoms with Crippen LogP contribution in [0.5, 0.6) is 0 Å². The van der Waals surface area contributed by atoms with E-state index >= 15 is 0 Å². The highest BCUT2D eigenvalue weighted by atomic mass is 32.1. The average molecular weight is 630 g/mol. The van der Waals surface area contributed by atoms with Crippen molar-refractivity contribution in [3.63, 3.8) is 0 Å². The van der Waals surface area contributed by atoms with E-state index in [1.54, 1.807) is 19.2 Å². The maximum atomic E-state index is 14.3. The Hall–Kier alpha value is -3.35. The molecule has 0 aromatic carbocycles. The molecule has 4 fully saturated rings. The van der Waals surface area contributed by atoms with Crippen LogP contribution in [0.15, 0.2) is 11.6 Å². The third-order valence-electron chi connectivity index (χ3n) is 10.1. The van der Waals surface area contributed by atoms with E-state index in [0.717, 1.165) is 43.4 Å². The molecule has 6 atom stereocenters. The molecule has 0 radical (unpaired) electrons. The molecule has 12 nitrogen and oxygen atoms in total. The molecule has 13 heteroatoms. The fourth-order valence-corrected chi connectivity index (χ4v) is 7.90. The summed E-state index contributed by atoms with van der Waals surface area (Å²) in [7, 11) is 0. The summed E-state index contributed by atoms with van der Waals surface area (Å²) in [5, 5.41) is 7.47. The second kappa shape index (κ2) is 12.6. The minimum Gasteiger partial charge on any atom is -0.437 e. The lowest BCUT2D eigenvalue weighted by Gasteiger charge is -2.37. The van der Waals surface area contributed by atoms with E-state index in [0.29, 0.717) is 19.4 Å². The lowest BCUT2D eigenvalue weighted by Crippen LogP contribution is -2.60. The van der Waals surface area contributed by atoms with Crippen LogP contribution >= 0.6 is 11.3 Å². The van der Waals surface area contributed by atoms with Gasteiger partial charge >= 0.3 is 6.09 Å². The van der Waals surface area contributed by atoms with Crippen LogP contribution in [-0.2, 0) is 23.9 Å². The van der Waals surface area contributed by atoms with Crippen molar-refractivity contribution >= 4 is 46.7 Å². The van der Waals surface area contributed by atoms with Gasteiger partial charge in [-0.15, -0.1) is 11.3 Å². The third-order valence-corrected chi connectivity index (χ3v) is 10.9. The minimum absolute atomic E-state index is 0.0774. The van der Waals surface area contributed by atoms with Gasteiger partial charge in [-0.05, 0) is 60.7 Å². The minimum atomic E-state index is -1.10. The maximum absolute atomic E-state index is 14.3.